The largest absolute Gasteiger partial charge is 0.430 e. The topological polar surface area (TPSA) is 70.7 Å². The van der Waals surface area contributed by atoms with Crippen molar-refractivity contribution in [1.29, 1.82) is 0 Å². The normalized spacial score (nSPS) is 12.4. The average molecular weight is 487 g/mol. The highest BCUT2D eigenvalue weighted by Crippen LogP contribution is 2.27. The van der Waals surface area contributed by atoms with Gasteiger partial charge >= 0.3 is 6.18 Å². The van der Waals surface area contributed by atoms with Crippen LogP contribution in [-0.4, -0.2) is 31.9 Å². The molecule has 0 atom stereocenters. The van der Waals surface area contributed by atoms with Gasteiger partial charge in [-0.3, -0.25) is 4.79 Å². The molecule has 0 radical (unpaired) electrons. The van der Waals surface area contributed by atoms with Crippen molar-refractivity contribution in [3.05, 3.63) is 101 Å². The summed E-state index contributed by atoms with van der Waals surface area (Å²) in [4.78, 5) is 18.8. The van der Waals surface area contributed by atoms with E-state index in [1.807, 2.05) is 37.2 Å². The molecule has 0 unspecified atom stereocenters. The van der Waals surface area contributed by atoms with E-state index in [-0.39, 0.29) is 22.3 Å². The van der Waals surface area contributed by atoms with Crippen molar-refractivity contribution in [1.82, 2.24) is 0 Å². The van der Waals surface area contributed by atoms with E-state index in [0.29, 0.717) is 16.8 Å². The molecule has 0 aliphatic rings. The second-order valence-corrected chi connectivity index (χ2v) is 7.93. The molecule has 0 saturated heterocycles. The van der Waals surface area contributed by atoms with Gasteiger partial charge in [0.15, 0.2) is 0 Å². The first-order chi connectivity index (χ1) is 16.0. The molecule has 3 rings (SSSR count). The molecule has 0 fully saturated rings. The van der Waals surface area contributed by atoms with Crippen molar-refractivity contribution in [2.24, 2.45) is 10.7 Å². The van der Waals surface area contributed by atoms with Crippen LogP contribution in [0.1, 0.15) is 15.9 Å². The molecular formula is C25H22ClF3N4O. The van der Waals surface area contributed by atoms with Gasteiger partial charge in [0.05, 0.1) is 16.4 Å². The molecule has 0 heterocycles. The standard InChI is InChI=1S/C25H22ClF3N4O/c1-33(2)19-7-5-6-18(14-19)31-24(34)17-12-10-16(11-13-17)22(15-23(30)25(27,28)29)32-21-9-4-3-8-20(21)26/h3-15H,30H2,1-2H3,(H,31,34). The molecule has 5 nitrogen and oxygen atoms in total. The minimum absolute atomic E-state index is 0.0476. The lowest BCUT2D eigenvalue weighted by atomic mass is 10.1. The number of rotatable bonds is 6. The van der Waals surface area contributed by atoms with Crippen LogP contribution < -0.4 is 16.0 Å². The van der Waals surface area contributed by atoms with Gasteiger partial charge in [0, 0.05) is 36.6 Å². The van der Waals surface area contributed by atoms with E-state index in [1.165, 1.54) is 24.3 Å². The Hall–Kier alpha value is -3.78. The number of alkyl halides is 3. The minimum Gasteiger partial charge on any atom is -0.395 e. The number of hydrogen-bond acceptors (Lipinski definition) is 4. The molecule has 0 aliphatic carbocycles. The Morgan fingerprint density at radius 1 is 1.00 bits per heavy atom. The second-order valence-electron chi connectivity index (χ2n) is 7.52. The number of benzene rings is 3. The van der Waals surface area contributed by atoms with Crippen LogP contribution in [0.5, 0.6) is 0 Å². The fourth-order valence-electron chi connectivity index (χ4n) is 2.94. The molecule has 0 aromatic heterocycles. The molecular weight excluding hydrogens is 465 g/mol. The number of amides is 1. The number of carbonyl (C=O) groups excluding carboxylic acids is 1. The molecule has 1 amide bonds. The van der Waals surface area contributed by atoms with Crippen LogP contribution in [0.2, 0.25) is 5.02 Å². The summed E-state index contributed by atoms with van der Waals surface area (Å²) >= 11 is 6.12. The molecule has 34 heavy (non-hydrogen) atoms. The number of para-hydroxylation sites is 1. The minimum atomic E-state index is -4.72. The summed E-state index contributed by atoms with van der Waals surface area (Å²) in [6, 6.07) is 19.8. The molecule has 3 aromatic carbocycles. The number of halogens is 4. The summed E-state index contributed by atoms with van der Waals surface area (Å²) in [5.74, 6) is -0.364. The molecule has 9 heteroatoms. The van der Waals surface area contributed by atoms with Crippen LogP contribution >= 0.6 is 11.6 Å². The van der Waals surface area contributed by atoms with Crippen LogP contribution in [0.25, 0.3) is 0 Å². The molecule has 0 aliphatic heterocycles. The lowest BCUT2D eigenvalue weighted by Gasteiger charge is -2.14. The summed E-state index contributed by atoms with van der Waals surface area (Å²) in [5.41, 5.74) is 6.35. The Bertz CT molecular complexity index is 1240. The van der Waals surface area contributed by atoms with Crippen molar-refractivity contribution in [2.75, 3.05) is 24.3 Å². The Morgan fingerprint density at radius 3 is 2.26 bits per heavy atom. The van der Waals surface area contributed by atoms with E-state index in [2.05, 4.69) is 10.3 Å². The number of hydrogen-bond donors (Lipinski definition) is 2. The van der Waals surface area contributed by atoms with E-state index >= 15 is 0 Å². The number of anilines is 2. The zero-order valence-electron chi connectivity index (χ0n) is 18.4. The number of carbonyl (C=O) groups is 1. The van der Waals surface area contributed by atoms with Gasteiger partial charge in [0.1, 0.15) is 5.70 Å². The first-order valence-electron chi connectivity index (χ1n) is 10.1. The predicted octanol–water partition coefficient (Wildman–Crippen LogP) is 6.18. The zero-order valence-corrected chi connectivity index (χ0v) is 19.2. The quantitative estimate of drug-likeness (QED) is 0.408. The van der Waals surface area contributed by atoms with Crippen molar-refractivity contribution >= 4 is 40.3 Å². The number of nitrogens with zero attached hydrogens (tertiary/aromatic N) is 2. The third kappa shape index (κ3) is 6.39. The molecule has 3 N–H and O–H groups in total. The smallest absolute Gasteiger partial charge is 0.395 e. The van der Waals surface area contributed by atoms with Gasteiger partial charge in [-0.1, -0.05) is 41.9 Å². The van der Waals surface area contributed by atoms with E-state index in [9.17, 15) is 18.0 Å². The van der Waals surface area contributed by atoms with Crippen LogP contribution in [0.3, 0.4) is 0 Å². The number of allylic oxidation sites excluding steroid dienone is 2. The molecule has 176 valence electrons. The second kappa shape index (κ2) is 10.4. The molecule has 0 saturated carbocycles. The highest BCUT2D eigenvalue weighted by atomic mass is 35.5. The Kier molecular flexibility index (Phi) is 7.63. The summed E-state index contributed by atoms with van der Waals surface area (Å²) < 4.78 is 39.2. The fraction of sp³-hybridized carbons (Fsp3) is 0.120. The number of aliphatic imine (C=N–C) groups is 1. The Labute approximate surface area is 200 Å². The number of nitrogens with two attached hydrogens (primary N) is 1. The summed E-state index contributed by atoms with van der Waals surface area (Å²) in [6.07, 6.45) is -3.98. The van der Waals surface area contributed by atoms with Crippen LogP contribution in [0.4, 0.5) is 30.2 Å². The first-order valence-corrected chi connectivity index (χ1v) is 10.5. The van der Waals surface area contributed by atoms with Crippen LogP contribution in [0.15, 0.2) is 89.6 Å². The van der Waals surface area contributed by atoms with E-state index in [1.54, 1.807) is 30.3 Å². The number of nitrogens with one attached hydrogen (secondary N) is 1. The van der Waals surface area contributed by atoms with Gasteiger partial charge in [-0.25, -0.2) is 4.99 Å². The monoisotopic (exact) mass is 486 g/mol. The van der Waals surface area contributed by atoms with E-state index in [4.69, 9.17) is 17.3 Å². The van der Waals surface area contributed by atoms with Crippen LogP contribution in [-0.2, 0) is 0 Å². The maximum Gasteiger partial charge on any atom is 0.430 e. The van der Waals surface area contributed by atoms with Crippen molar-refractivity contribution < 1.29 is 18.0 Å². The highest BCUT2D eigenvalue weighted by Gasteiger charge is 2.31. The van der Waals surface area contributed by atoms with Gasteiger partial charge in [0.2, 0.25) is 0 Å². The molecule has 0 spiro atoms. The first kappa shape index (κ1) is 24.9. The van der Waals surface area contributed by atoms with Gasteiger partial charge in [0.25, 0.3) is 5.91 Å². The van der Waals surface area contributed by atoms with Crippen LogP contribution in [0, 0.1) is 0 Å². The van der Waals surface area contributed by atoms with Gasteiger partial charge < -0.3 is 16.0 Å². The van der Waals surface area contributed by atoms with Crippen molar-refractivity contribution in [2.45, 2.75) is 6.18 Å². The third-order valence-corrected chi connectivity index (χ3v) is 5.10. The SMILES string of the molecule is CN(C)c1cccc(NC(=O)c2ccc(C(C=C(N)C(F)(F)F)=Nc3ccccc3Cl)cc2)c1. The van der Waals surface area contributed by atoms with Crippen molar-refractivity contribution in [3.8, 4) is 0 Å². The fourth-order valence-corrected chi connectivity index (χ4v) is 3.12. The average Bonchev–Trinajstić information content (AvgIpc) is 2.79. The third-order valence-electron chi connectivity index (χ3n) is 4.78. The van der Waals surface area contributed by atoms with E-state index < -0.39 is 11.9 Å². The Morgan fingerprint density at radius 2 is 1.65 bits per heavy atom. The maximum atomic E-state index is 13.1. The van der Waals surface area contributed by atoms with E-state index in [0.717, 1.165) is 11.8 Å². The summed E-state index contributed by atoms with van der Waals surface area (Å²) in [7, 11) is 3.78. The highest BCUT2D eigenvalue weighted by molar-refractivity contribution is 6.33. The molecule has 3 aromatic rings. The van der Waals surface area contributed by atoms with Gasteiger partial charge in [-0.15, -0.1) is 0 Å². The van der Waals surface area contributed by atoms with Gasteiger partial charge in [-0.2, -0.15) is 13.2 Å². The zero-order chi connectivity index (χ0) is 24.9. The lowest BCUT2D eigenvalue weighted by molar-refractivity contribution is -0.0925. The summed E-state index contributed by atoms with van der Waals surface area (Å²) in [6.45, 7) is 0. The predicted molar refractivity (Wildman–Crippen MR) is 131 cm³/mol. The molecule has 0 bridgehead atoms. The Balaban J connectivity index is 1.91. The lowest BCUT2D eigenvalue weighted by Crippen LogP contribution is -2.21. The van der Waals surface area contributed by atoms with Crippen molar-refractivity contribution in [3.63, 3.8) is 0 Å². The van der Waals surface area contributed by atoms with Gasteiger partial charge in [-0.05, 0) is 48.5 Å². The summed E-state index contributed by atoms with van der Waals surface area (Å²) in [5, 5.41) is 3.08. The maximum absolute atomic E-state index is 13.1.